The van der Waals surface area contributed by atoms with Gasteiger partial charge in [-0.1, -0.05) is 36.4 Å². The third kappa shape index (κ3) is 5.90. The fraction of sp³-hybridized carbons (Fsp3) is 0.364. The second-order valence-corrected chi connectivity index (χ2v) is 7.64. The Morgan fingerprint density at radius 1 is 0.893 bits per heavy atom. The Morgan fingerprint density at radius 2 is 1.57 bits per heavy atom. The largest absolute Gasteiger partial charge is 0.326 e. The molecule has 2 aromatic rings. The summed E-state index contributed by atoms with van der Waals surface area (Å²) in [6, 6.07) is 15.7. The van der Waals surface area contributed by atoms with Crippen LogP contribution in [0.25, 0.3) is 0 Å². The molecule has 0 aromatic heterocycles. The molecule has 6 heteroatoms. The first-order chi connectivity index (χ1) is 13.5. The minimum atomic E-state index is -0.471. The van der Waals surface area contributed by atoms with Gasteiger partial charge in [-0.25, -0.2) is 4.79 Å². The maximum atomic E-state index is 12.2. The topological polar surface area (TPSA) is 67.1 Å². The minimum Gasteiger partial charge on any atom is -0.322 e. The molecule has 0 unspecified atom stereocenters. The molecule has 1 saturated heterocycles. The number of carbonyl (C=O) groups is 2. The van der Waals surface area contributed by atoms with Gasteiger partial charge in [-0.2, -0.15) is 0 Å². The van der Waals surface area contributed by atoms with E-state index < -0.39 is 6.03 Å². The van der Waals surface area contributed by atoms with E-state index in [1.54, 1.807) is 4.90 Å². The van der Waals surface area contributed by atoms with Crippen LogP contribution in [0.5, 0.6) is 0 Å². The average molecular weight is 383 g/mol. The molecule has 1 heterocycles. The number of rotatable bonds is 5. The van der Waals surface area contributed by atoms with Crippen LogP contribution in [-0.2, 0) is 11.3 Å². The standard InChI is InChI=1S/C22H28N4O2/c1-17-8-9-20(14-18(17)2)23-22(28)24-21(27)16-26-12-10-25(11-13-26)15-19-6-4-3-5-7-19/h3-9,14H,10-13,15-16H2,1-2H3,(H2,23,24,27,28)/p+2. The summed E-state index contributed by atoms with van der Waals surface area (Å²) in [4.78, 5) is 27.0. The lowest BCUT2D eigenvalue weighted by Gasteiger charge is -2.29. The second kappa shape index (κ2) is 9.48. The van der Waals surface area contributed by atoms with Gasteiger partial charge in [0.25, 0.3) is 5.91 Å². The van der Waals surface area contributed by atoms with E-state index in [9.17, 15) is 9.59 Å². The monoisotopic (exact) mass is 382 g/mol. The summed E-state index contributed by atoms with van der Waals surface area (Å²) in [6.07, 6.45) is 0. The van der Waals surface area contributed by atoms with Gasteiger partial charge in [0.2, 0.25) is 0 Å². The first-order valence-electron chi connectivity index (χ1n) is 9.89. The number of benzene rings is 2. The van der Waals surface area contributed by atoms with Gasteiger partial charge in [-0.3, -0.25) is 10.1 Å². The van der Waals surface area contributed by atoms with Gasteiger partial charge in [0, 0.05) is 11.3 Å². The van der Waals surface area contributed by atoms with Crippen LogP contribution in [0.4, 0.5) is 10.5 Å². The zero-order chi connectivity index (χ0) is 19.9. The van der Waals surface area contributed by atoms with Crippen LogP contribution >= 0.6 is 0 Å². The molecular formula is C22H30N4O2+2. The van der Waals surface area contributed by atoms with Crippen LogP contribution in [0, 0.1) is 13.8 Å². The van der Waals surface area contributed by atoms with E-state index in [1.807, 2.05) is 38.1 Å². The molecule has 4 N–H and O–H groups in total. The van der Waals surface area contributed by atoms with E-state index in [0.29, 0.717) is 12.2 Å². The highest BCUT2D eigenvalue weighted by atomic mass is 16.2. The van der Waals surface area contributed by atoms with Crippen LogP contribution in [0.2, 0.25) is 0 Å². The Balaban J connectivity index is 1.39. The van der Waals surface area contributed by atoms with Gasteiger partial charge in [0.05, 0.1) is 0 Å². The maximum absolute atomic E-state index is 12.2. The van der Waals surface area contributed by atoms with Crippen LogP contribution in [0.1, 0.15) is 16.7 Å². The van der Waals surface area contributed by atoms with Gasteiger partial charge in [0.15, 0.2) is 6.54 Å². The molecule has 1 fully saturated rings. The summed E-state index contributed by atoms with van der Waals surface area (Å²) in [5.41, 5.74) is 4.31. The lowest BCUT2D eigenvalue weighted by molar-refractivity contribution is -1.02. The molecule has 0 spiro atoms. The summed E-state index contributed by atoms with van der Waals surface area (Å²) in [7, 11) is 0. The molecule has 28 heavy (non-hydrogen) atoms. The van der Waals surface area contributed by atoms with E-state index in [0.717, 1.165) is 38.3 Å². The highest BCUT2D eigenvalue weighted by molar-refractivity contribution is 6.01. The molecule has 1 aliphatic heterocycles. The first kappa shape index (κ1) is 20.0. The summed E-state index contributed by atoms with van der Waals surface area (Å²) < 4.78 is 0. The van der Waals surface area contributed by atoms with Gasteiger partial charge in [-0.05, 0) is 37.1 Å². The molecule has 3 rings (SSSR count). The highest BCUT2D eigenvalue weighted by Crippen LogP contribution is 2.13. The van der Waals surface area contributed by atoms with Crippen molar-refractivity contribution >= 4 is 17.6 Å². The van der Waals surface area contributed by atoms with Crippen LogP contribution in [0.15, 0.2) is 48.5 Å². The van der Waals surface area contributed by atoms with Gasteiger partial charge >= 0.3 is 6.03 Å². The van der Waals surface area contributed by atoms with E-state index in [-0.39, 0.29) is 5.91 Å². The summed E-state index contributed by atoms with van der Waals surface area (Å²) >= 11 is 0. The molecule has 0 aliphatic carbocycles. The molecule has 6 nitrogen and oxygen atoms in total. The summed E-state index contributed by atoms with van der Waals surface area (Å²) in [5.74, 6) is -0.233. The molecular weight excluding hydrogens is 352 g/mol. The van der Waals surface area contributed by atoms with Crippen molar-refractivity contribution in [2.24, 2.45) is 0 Å². The van der Waals surface area contributed by atoms with Crippen molar-refractivity contribution in [1.29, 1.82) is 0 Å². The Labute approximate surface area is 166 Å². The number of nitrogens with one attached hydrogen (secondary N) is 4. The van der Waals surface area contributed by atoms with Crippen molar-refractivity contribution in [1.82, 2.24) is 5.32 Å². The van der Waals surface area contributed by atoms with Crippen molar-refractivity contribution in [3.05, 3.63) is 65.2 Å². The van der Waals surface area contributed by atoms with Crippen LogP contribution in [-0.4, -0.2) is 44.7 Å². The number of anilines is 1. The van der Waals surface area contributed by atoms with Crippen molar-refractivity contribution in [3.8, 4) is 0 Å². The number of piperazine rings is 1. The van der Waals surface area contributed by atoms with Crippen molar-refractivity contribution in [3.63, 3.8) is 0 Å². The number of amides is 3. The maximum Gasteiger partial charge on any atom is 0.326 e. The zero-order valence-corrected chi connectivity index (χ0v) is 16.7. The lowest BCUT2D eigenvalue weighted by Crippen LogP contribution is -3.28. The number of carbonyl (C=O) groups excluding carboxylic acids is 2. The van der Waals surface area contributed by atoms with E-state index in [4.69, 9.17) is 0 Å². The fourth-order valence-corrected chi connectivity index (χ4v) is 3.57. The SMILES string of the molecule is Cc1ccc(NC(=O)NC(=O)C[NH+]2CC[NH+](Cc3ccccc3)CC2)cc1C. The Kier molecular flexibility index (Phi) is 6.79. The number of quaternary nitrogens is 2. The smallest absolute Gasteiger partial charge is 0.322 e. The molecule has 1 aliphatic rings. The third-order valence-corrected chi connectivity index (χ3v) is 5.39. The Morgan fingerprint density at radius 3 is 2.25 bits per heavy atom. The van der Waals surface area contributed by atoms with E-state index >= 15 is 0 Å². The number of hydrogen-bond donors (Lipinski definition) is 4. The van der Waals surface area contributed by atoms with Gasteiger partial charge < -0.3 is 15.1 Å². The number of aryl methyl sites for hydroxylation is 2. The zero-order valence-electron chi connectivity index (χ0n) is 16.7. The van der Waals surface area contributed by atoms with Crippen molar-refractivity contribution in [2.45, 2.75) is 20.4 Å². The molecule has 148 valence electrons. The first-order valence-corrected chi connectivity index (χ1v) is 9.89. The number of imide groups is 1. The molecule has 0 radical (unpaired) electrons. The lowest BCUT2D eigenvalue weighted by atomic mass is 10.1. The Hall–Kier alpha value is -2.70. The predicted molar refractivity (Wildman–Crippen MR) is 109 cm³/mol. The van der Waals surface area contributed by atoms with E-state index in [1.165, 1.54) is 16.0 Å². The predicted octanol–water partition coefficient (Wildman–Crippen LogP) is -0.0649. The summed E-state index contributed by atoms with van der Waals surface area (Å²) in [5, 5.41) is 5.17. The second-order valence-electron chi connectivity index (χ2n) is 7.64. The van der Waals surface area contributed by atoms with Crippen molar-refractivity contribution < 1.29 is 19.4 Å². The fourth-order valence-electron chi connectivity index (χ4n) is 3.57. The molecule has 0 saturated carbocycles. The van der Waals surface area contributed by atoms with Crippen LogP contribution in [0.3, 0.4) is 0 Å². The van der Waals surface area contributed by atoms with E-state index in [2.05, 4.69) is 34.9 Å². The minimum absolute atomic E-state index is 0.233. The average Bonchev–Trinajstić information content (AvgIpc) is 2.67. The molecule has 3 amide bonds. The molecule has 2 aromatic carbocycles. The molecule has 0 atom stereocenters. The molecule has 0 bridgehead atoms. The summed E-state index contributed by atoms with van der Waals surface area (Å²) in [6.45, 7) is 9.32. The third-order valence-electron chi connectivity index (χ3n) is 5.39. The normalized spacial score (nSPS) is 19.1. The number of urea groups is 1. The van der Waals surface area contributed by atoms with Gasteiger partial charge in [0.1, 0.15) is 32.7 Å². The number of hydrogen-bond acceptors (Lipinski definition) is 2. The quantitative estimate of drug-likeness (QED) is 0.585. The van der Waals surface area contributed by atoms with Crippen LogP contribution < -0.4 is 20.4 Å². The Bertz CT molecular complexity index is 815. The van der Waals surface area contributed by atoms with Gasteiger partial charge in [-0.15, -0.1) is 0 Å². The highest BCUT2D eigenvalue weighted by Gasteiger charge is 2.25. The van der Waals surface area contributed by atoms with Crippen molar-refractivity contribution in [2.75, 3.05) is 38.0 Å².